The molecule has 1 saturated heterocycles. The van der Waals surface area contributed by atoms with Crippen LogP contribution in [0.2, 0.25) is 0 Å². The molecule has 0 amide bonds. The molecule has 114 valence electrons. The van der Waals surface area contributed by atoms with Crippen LogP contribution < -0.4 is 5.32 Å². The molecule has 1 aliphatic heterocycles. The van der Waals surface area contributed by atoms with Gasteiger partial charge in [-0.25, -0.2) is 0 Å². The molecule has 0 radical (unpaired) electrons. The van der Waals surface area contributed by atoms with Crippen molar-refractivity contribution < 1.29 is 0 Å². The van der Waals surface area contributed by atoms with E-state index >= 15 is 0 Å². The topological polar surface area (TPSA) is 15.3 Å². The Bertz CT molecular complexity index is 325. The van der Waals surface area contributed by atoms with Crippen molar-refractivity contribution in [1.29, 1.82) is 0 Å². The Morgan fingerprint density at radius 3 is 2.00 bits per heavy atom. The van der Waals surface area contributed by atoms with Gasteiger partial charge in [0.05, 0.1) is 0 Å². The Kier molecular flexibility index (Phi) is 3.38. The molecule has 0 aromatic rings. The molecule has 5 aliphatic rings. The number of hydrogen-bond donors (Lipinski definition) is 1. The van der Waals surface area contributed by atoms with E-state index in [1.165, 1.54) is 26.1 Å². The normalized spacial score (nSPS) is 44.9. The van der Waals surface area contributed by atoms with E-state index in [2.05, 4.69) is 24.1 Å². The van der Waals surface area contributed by atoms with E-state index in [1.807, 2.05) is 0 Å². The summed E-state index contributed by atoms with van der Waals surface area (Å²) in [5.74, 6) is 3.27. The molecule has 1 atom stereocenters. The molecule has 5 fully saturated rings. The molecule has 1 unspecified atom stereocenters. The monoisotopic (exact) mass is 276 g/mol. The van der Waals surface area contributed by atoms with E-state index in [0.717, 1.165) is 29.8 Å². The third-order valence-electron chi connectivity index (χ3n) is 7.18. The van der Waals surface area contributed by atoms with Gasteiger partial charge in [-0.05, 0) is 81.6 Å². The zero-order valence-corrected chi connectivity index (χ0v) is 13.4. The summed E-state index contributed by atoms with van der Waals surface area (Å²) in [4.78, 5) is 2.89. The quantitative estimate of drug-likeness (QED) is 0.829. The first-order valence-corrected chi connectivity index (χ1v) is 9.16. The van der Waals surface area contributed by atoms with Crippen molar-refractivity contribution >= 4 is 0 Å². The van der Waals surface area contributed by atoms with Crippen LogP contribution in [0.5, 0.6) is 0 Å². The molecule has 5 rings (SSSR count). The summed E-state index contributed by atoms with van der Waals surface area (Å²) < 4.78 is 0. The Balaban J connectivity index is 1.55. The van der Waals surface area contributed by atoms with E-state index < -0.39 is 0 Å². The highest BCUT2D eigenvalue weighted by Gasteiger charge is 2.54. The van der Waals surface area contributed by atoms with Crippen LogP contribution in [-0.2, 0) is 0 Å². The van der Waals surface area contributed by atoms with Crippen LogP contribution in [0.1, 0.15) is 58.8 Å². The summed E-state index contributed by atoms with van der Waals surface area (Å²) in [7, 11) is 0. The van der Waals surface area contributed by atoms with Crippen LogP contribution in [0.3, 0.4) is 0 Å². The fourth-order valence-corrected chi connectivity index (χ4v) is 6.50. The van der Waals surface area contributed by atoms with Gasteiger partial charge in [0.25, 0.3) is 0 Å². The lowest BCUT2D eigenvalue weighted by atomic mass is 9.47. The molecule has 0 aromatic carbocycles. The average Bonchev–Trinajstić information content (AvgIpc) is 2.33. The zero-order chi connectivity index (χ0) is 13.7. The van der Waals surface area contributed by atoms with E-state index in [-0.39, 0.29) is 0 Å². The Hall–Kier alpha value is -0.0800. The van der Waals surface area contributed by atoms with E-state index in [9.17, 15) is 0 Å². The highest BCUT2D eigenvalue weighted by atomic mass is 15.3. The van der Waals surface area contributed by atoms with Crippen LogP contribution in [0.25, 0.3) is 0 Å². The van der Waals surface area contributed by atoms with Gasteiger partial charge in [-0.1, -0.05) is 6.92 Å². The first-order valence-electron chi connectivity index (χ1n) is 9.16. The maximum atomic E-state index is 3.49. The number of nitrogens with one attached hydrogen (secondary N) is 1. The summed E-state index contributed by atoms with van der Waals surface area (Å²) >= 11 is 0. The molecule has 1 heterocycles. The van der Waals surface area contributed by atoms with Crippen LogP contribution in [-0.4, -0.2) is 36.6 Å². The van der Waals surface area contributed by atoms with E-state index in [4.69, 9.17) is 0 Å². The van der Waals surface area contributed by atoms with Crippen molar-refractivity contribution in [3.63, 3.8) is 0 Å². The van der Waals surface area contributed by atoms with Crippen LogP contribution >= 0.6 is 0 Å². The van der Waals surface area contributed by atoms with Gasteiger partial charge in [-0.15, -0.1) is 0 Å². The van der Waals surface area contributed by atoms with E-state index in [1.54, 1.807) is 38.5 Å². The van der Waals surface area contributed by atoms with Crippen LogP contribution in [0, 0.1) is 23.2 Å². The number of hydrogen-bond acceptors (Lipinski definition) is 2. The lowest BCUT2D eigenvalue weighted by molar-refractivity contribution is -0.107. The molecule has 2 nitrogen and oxygen atoms in total. The highest BCUT2D eigenvalue weighted by Crippen LogP contribution is 2.62. The van der Waals surface area contributed by atoms with Gasteiger partial charge in [0, 0.05) is 25.2 Å². The summed E-state index contributed by atoms with van der Waals surface area (Å²) in [6, 6.07) is 1.65. The van der Waals surface area contributed by atoms with Gasteiger partial charge >= 0.3 is 0 Å². The minimum absolute atomic E-state index is 0.694. The predicted octanol–water partition coefficient (Wildman–Crippen LogP) is 3.28. The van der Waals surface area contributed by atoms with Crippen LogP contribution in [0.15, 0.2) is 0 Å². The number of rotatable bonds is 5. The average molecular weight is 276 g/mol. The molecule has 4 aliphatic carbocycles. The van der Waals surface area contributed by atoms with E-state index in [0.29, 0.717) is 5.41 Å². The largest absolute Gasteiger partial charge is 0.314 e. The van der Waals surface area contributed by atoms with Gasteiger partial charge in [0.15, 0.2) is 0 Å². The maximum Gasteiger partial charge on any atom is 0.0348 e. The second-order valence-corrected chi connectivity index (χ2v) is 8.51. The predicted molar refractivity (Wildman–Crippen MR) is 83.7 cm³/mol. The molecular weight excluding hydrogens is 244 g/mol. The second-order valence-electron chi connectivity index (χ2n) is 8.51. The second kappa shape index (κ2) is 4.98. The molecule has 2 heteroatoms. The Labute approximate surface area is 124 Å². The van der Waals surface area contributed by atoms with Gasteiger partial charge < -0.3 is 5.32 Å². The Morgan fingerprint density at radius 1 is 1.05 bits per heavy atom. The molecule has 4 saturated carbocycles. The third-order valence-corrected chi connectivity index (χ3v) is 7.18. The molecule has 0 spiro atoms. The first kappa shape index (κ1) is 13.6. The minimum Gasteiger partial charge on any atom is -0.314 e. The summed E-state index contributed by atoms with van der Waals surface area (Å²) in [6.45, 7) is 8.72. The van der Waals surface area contributed by atoms with Crippen LogP contribution in [0.4, 0.5) is 0 Å². The summed E-state index contributed by atoms with van der Waals surface area (Å²) in [6.07, 6.45) is 10.7. The molecular formula is C18H32N2. The minimum atomic E-state index is 0.694. The lowest BCUT2D eigenvalue weighted by Gasteiger charge is -2.61. The smallest absolute Gasteiger partial charge is 0.0348 e. The lowest BCUT2D eigenvalue weighted by Crippen LogP contribution is -2.64. The molecule has 20 heavy (non-hydrogen) atoms. The SMILES string of the molecule is CCCN(C1CNC1)C(C)C12CC3CC(CC(C3)C1)C2. The number of nitrogens with zero attached hydrogens (tertiary/aromatic N) is 1. The maximum absolute atomic E-state index is 3.49. The van der Waals surface area contributed by atoms with Gasteiger partial charge in [-0.2, -0.15) is 0 Å². The fraction of sp³-hybridized carbons (Fsp3) is 1.00. The van der Waals surface area contributed by atoms with Crippen molar-refractivity contribution in [3.8, 4) is 0 Å². The highest BCUT2D eigenvalue weighted by molar-refractivity contribution is 5.06. The van der Waals surface area contributed by atoms with Gasteiger partial charge in [0.1, 0.15) is 0 Å². The Morgan fingerprint density at radius 2 is 1.60 bits per heavy atom. The van der Waals surface area contributed by atoms with Crippen molar-refractivity contribution in [2.75, 3.05) is 19.6 Å². The fourth-order valence-electron chi connectivity index (χ4n) is 6.50. The first-order chi connectivity index (χ1) is 9.70. The van der Waals surface area contributed by atoms with Crippen molar-refractivity contribution in [1.82, 2.24) is 10.2 Å². The van der Waals surface area contributed by atoms with Crippen molar-refractivity contribution in [2.24, 2.45) is 23.2 Å². The molecule has 0 aromatic heterocycles. The third kappa shape index (κ3) is 2.06. The van der Waals surface area contributed by atoms with Crippen molar-refractivity contribution in [2.45, 2.75) is 70.9 Å². The summed E-state index contributed by atoms with van der Waals surface area (Å²) in [5.41, 5.74) is 0.694. The van der Waals surface area contributed by atoms with Gasteiger partial charge in [0.2, 0.25) is 0 Å². The standard InChI is InChI=1S/C18H32N2/c1-3-4-20(17-11-19-12-17)13(2)18-8-14-5-15(9-18)7-16(6-14)10-18/h13-17,19H,3-12H2,1-2H3. The molecule has 4 bridgehead atoms. The summed E-state index contributed by atoms with van der Waals surface area (Å²) in [5, 5.41) is 3.49. The molecule has 1 N–H and O–H groups in total. The zero-order valence-electron chi connectivity index (χ0n) is 13.4. The van der Waals surface area contributed by atoms with Gasteiger partial charge in [-0.3, -0.25) is 4.90 Å². The van der Waals surface area contributed by atoms with Crippen molar-refractivity contribution in [3.05, 3.63) is 0 Å².